The molecule has 2 aromatic carbocycles. The van der Waals surface area contributed by atoms with Crippen molar-refractivity contribution in [2.24, 2.45) is 0 Å². The summed E-state index contributed by atoms with van der Waals surface area (Å²) in [5.74, 6) is 1.30. The van der Waals surface area contributed by atoms with Crippen molar-refractivity contribution in [2.45, 2.75) is 0 Å². The molecule has 0 bridgehead atoms. The van der Waals surface area contributed by atoms with Crippen molar-refractivity contribution < 1.29 is 14.3 Å². The van der Waals surface area contributed by atoms with E-state index in [2.05, 4.69) is 4.98 Å². The quantitative estimate of drug-likeness (QED) is 0.671. The molecular formula is C18H13Cl2NO3. The molecule has 24 heavy (non-hydrogen) atoms. The van der Waals surface area contributed by atoms with E-state index in [9.17, 15) is 5.11 Å². The van der Waals surface area contributed by atoms with Gasteiger partial charge in [0.25, 0.3) is 0 Å². The fraction of sp³-hybridized carbons (Fsp3) is 0.0556. The third kappa shape index (κ3) is 3.55. The molecule has 0 unspecified atom stereocenters. The number of methoxy groups -OCH3 is 1. The smallest absolute Gasteiger partial charge is 0.238 e. The fourth-order valence-corrected chi connectivity index (χ4v) is 2.48. The largest absolute Gasteiger partial charge is 0.504 e. The second kappa shape index (κ2) is 6.99. The van der Waals surface area contributed by atoms with Gasteiger partial charge in [0.15, 0.2) is 17.3 Å². The highest BCUT2D eigenvalue weighted by molar-refractivity contribution is 6.50. The zero-order valence-corrected chi connectivity index (χ0v) is 14.2. The predicted octanol–water partition coefficient (Wildman–Crippen LogP) is 5.45. The average molecular weight is 362 g/mol. The number of benzene rings is 2. The zero-order chi connectivity index (χ0) is 17.1. The molecule has 0 atom stereocenters. The highest BCUT2D eigenvalue weighted by Gasteiger charge is 2.10. The number of rotatable bonds is 4. The minimum absolute atomic E-state index is 0.0324. The summed E-state index contributed by atoms with van der Waals surface area (Å²) in [6.45, 7) is 0. The Morgan fingerprint density at radius 3 is 2.62 bits per heavy atom. The summed E-state index contributed by atoms with van der Waals surface area (Å²) < 4.78 is 10.7. The van der Waals surface area contributed by atoms with Gasteiger partial charge in [0, 0.05) is 10.6 Å². The second-order valence-corrected chi connectivity index (χ2v) is 5.80. The average Bonchev–Trinajstić information content (AvgIpc) is 3.06. The Bertz CT molecular complexity index is 886. The van der Waals surface area contributed by atoms with E-state index in [1.807, 2.05) is 12.1 Å². The maximum Gasteiger partial charge on any atom is 0.238 e. The molecule has 0 radical (unpaired) electrons. The van der Waals surface area contributed by atoms with Crippen molar-refractivity contribution >= 4 is 34.3 Å². The lowest BCUT2D eigenvalue weighted by Gasteiger charge is -2.03. The van der Waals surface area contributed by atoms with Gasteiger partial charge in [0.2, 0.25) is 5.89 Å². The Kier molecular flexibility index (Phi) is 4.79. The third-order valence-corrected chi connectivity index (χ3v) is 3.86. The normalized spacial score (nSPS) is 11.5. The van der Waals surface area contributed by atoms with E-state index < -0.39 is 0 Å². The molecule has 0 saturated carbocycles. The third-order valence-electron chi connectivity index (χ3n) is 3.34. The lowest BCUT2D eigenvalue weighted by Crippen LogP contribution is -1.84. The van der Waals surface area contributed by atoms with Crippen LogP contribution < -0.4 is 4.74 Å². The van der Waals surface area contributed by atoms with Crippen molar-refractivity contribution in [2.75, 3.05) is 7.11 Å². The topological polar surface area (TPSA) is 55.5 Å². The van der Waals surface area contributed by atoms with Gasteiger partial charge in [-0.2, -0.15) is 0 Å². The molecular weight excluding hydrogens is 349 g/mol. The van der Waals surface area contributed by atoms with Gasteiger partial charge < -0.3 is 14.3 Å². The molecule has 0 aliphatic heterocycles. The first-order valence-corrected chi connectivity index (χ1v) is 7.79. The van der Waals surface area contributed by atoms with Crippen LogP contribution in [0, 0.1) is 0 Å². The Labute approximate surface area is 148 Å². The number of ether oxygens (including phenoxy) is 1. The molecule has 4 nitrogen and oxygen atoms in total. The highest BCUT2D eigenvalue weighted by Crippen LogP contribution is 2.30. The van der Waals surface area contributed by atoms with E-state index in [1.165, 1.54) is 7.11 Å². The van der Waals surface area contributed by atoms with Gasteiger partial charge >= 0.3 is 0 Å². The SMILES string of the molecule is COc1ccc(/C=C(\Cl)c2ncc(-c3ccc(Cl)cc3)o2)cc1O. The number of nitrogens with zero attached hydrogens (tertiary/aromatic N) is 1. The minimum atomic E-state index is 0.0324. The van der Waals surface area contributed by atoms with Crippen LogP contribution in [-0.4, -0.2) is 17.2 Å². The van der Waals surface area contributed by atoms with Crippen molar-refractivity contribution in [3.8, 4) is 22.8 Å². The Hall–Kier alpha value is -2.43. The summed E-state index contributed by atoms with van der Waals surface area (Å²) in [6, 6.07) is 12.2. The molecule has 122 valence electrons. The minimum Gasteiger partial charge on any atom is -0.504 e. The Morgan fingerprint density at radius 2 is 1.96 bits per heavy atom. The van der Waals surface area contributed by atoms with Crippen molar-refractivity contribution in [3.05, 3.63) is 65.1 Å². The van der Waals surface area contributed by atoms with Crippen LogP contribution in [-0.2, 0) is 0 Å². The summed E-state index contributed by atoms with van der Waals surface area (Å²) in [4.78, 5) is 4.18. The zero-order valence-electron chi connectivity index (χ0n) is 12.7. The van der Waals surface area contributed by atoms with E-state index in [4.69, 9.17) is 32.4 Å². The second-order valence-electron chi connectivity index (χ2n) is 4.96. The lowest BCUT2D eigenvalue weighted by atomic mass is 10.2. The standard InChI is InChI=1S/C18H13Cl2NO3/c1-23-16-7-2-11(9-15(16)22)8-14(20)18-21-10-17(24-18)12-3-5-13(19)6-4-12/h2-10,22H,1H3/b14-8-. The number of aromatic nitrogens is 1. The van der Waals surface area contributed by atoms with E-state index >= 15 is 0 Å². The Balaban J connectivity index is 1.86. The van der Waals surface area contributed by atoms with E-state index in [-0.39, 0.29) is 11.6 Å². The van der Waals surface area contributed by atoms with Crippen LogP contribution in [0.2, 0.25) is 5.02 Å². The molecule has 0 fully saturated rings. The van der Waals surface area contributed by atoms with Crippen LogP contribution >= 0.6 is 23.2 Å². The molecule has 1 N–H and O–H groups in total. The fourth-order valence-electron chi connectivity index (χ4n) is 2.14. The predicted molar refractivity (Wildman–Crippen MR) is 95.3 cm³/mol. The molecule has 1 aromatic heterocycles. The van der Waals surface area contributed by atoms with Gasteiger partial charge in [-0.05, 0) is 48.0 Å². The number of phenols is 1. The molecule has 6 heteroatoms. The summed E-state index contributed by atoms with van der Waals surface area (Å²) in [5.41, 5.74) is 1.55. The number of phenolic OH excluding ortho intramolecular Hbond substituents is 1. The maximum absolute atomic E-state index is 9.80. The van der Waals surface area contributed by atoms with Gasteiger partial charge in [-0.25, -0.2) is 4.98 Å². The molecule has 0 spiro atoms. The first kappa shape index (κ1) is 16.4. The summed E-state index contributed by atoms with van der Waals surface area (Å²) >= 11 is 12.1. The van der Waals surface area contributed by atoms with Gasteiger partial charge in [-0.1, -0.05) is 29.3 Å². The monoisotopic (exact) mass is 361 g/mol. The number of halogens is 2. The van der Waals surface area contributed by atoms with Gasteiger partial charge in [0.1, 0.15) is 5.03 Å². The van der Waals surface area contributed by atoms with Crippen molar-refractivity contribution in [1.82, 2.24) is 4.98 Å². The lowest BCUT2D eigenvalue weighted by molar-refractivity contribution is 0.373. The number of aromatic hydroxyl groups is 1. The first-order valence-electron chi connectivity index (χ1n) is 7.03. The number of hydrogen-bond acceptors (Lipinski definition) is 4. The van der Waals surface area contributed by atoms with Crippen LogP contribution in [0.3, 0.4) is 0 Å². The highest BCUT2D eigenvalue weighted by atomic mass is 35.5. The molecule has 0 saturated heterocycles. The molecule has 1 heterocycles. The van der Waals surface area contributed by atoms with Crippen LogP contribution in [0.15, 0.2) is 53.1 Å². The number of oxazole rings is 1. The molecule has 0 aliphatic rings. The van der Waals surface area contributed by atoms with Gasteiger partial charge in [-0.15, -0.1) is 0 Å². The molecule has 0 aliphatic carbocycles. The maximum atomic E-state index is 9.80. The van der Waals surface area contributed by atoms with Gasteiger partial charge in [-0.3, -0.25) is 0 Å². The van der Waals surface area contributed by atoms with Crippen molar-refractivity contribution in [1.29, 1.82) is 0 Å². The Morgan fingerprint density at radius 1 is 1.21 bits per heavy atom. The molecule has 3 rings (SSSR count). The van der Waals surface area contributed by atoms with E-state index in [1.54, 1.807) is 42.6 Å². The first-order chi connectivity index (χ1) is 11.6. The number of hydrogen-bond donors (Lipinski definition) is 1. The van der Waals surface area contributed by atoms with Crippen LogP contribution in [0.25, 0.3) is 22.4 Å². The van der Waals surface area contributed by atoms with Crippen molar-refractivity contribution in [3.63, 3.8) is 0 Å². The molecule has 3 aromatic rings. The summed E-state index contributed by atoms with van der Waals surface area (Å²) in [6.07, 6.45) is 3.25. The molecule has 0 amide bonds. The van der Waals surface area contributed by atoms with E-state index in [0.717, 1.165) is 5.56 Å². The summed E-state index contributed by atoms with van der Waals surface area (Å²) in [7, 11) is 1.49. The van der Waals surface area contributed by atoms with Crippen LogP contribution in [0.1, 0.15) is 11.5 Å². The summed E-state index contributed by atoms with van der Waals surface area (Å²) in [5, 5.41) is 10.8. The van der Waals surface area contributed by atoms with E-state index in [0.29, 0.717) is 27.1 Å². The van der Waals surface area contributed by atoms with Crippen LogP contribution in [0.5, 0.6) is 11.5 Å². The van der Waals surface area contributed by atoms with Crippen LogP contribution in [0.4, 0.5) is 0 Å². The van der Waals surface area contributed by atoms with Gasteiger partial charge in [0.05, 0.1) is 13.3 Å².